The minimum atomic E-state index is -1.03. The normalized spacial score (nSPS) is 18.7. The van der Waals surface area contributed by atoms with Crippen molar-refractivity contribution < 1.29 is 38.7 Å². The van der Waals surface area contributed by atoms with Crippen LogP contribution in [0.1, 0.15) is 41.1 Å². The van der Waals surface area contributed by atoms with E-state index < -0.39 is 30.4 Å². The lowest BCUT2D eigenvalue weighted by molar-refractivity contribution is -0.137. The molecule has 3 aromatic rings. The number of amides is 2. The highest BCUT2D eigenvalue weighted by atomic mass is 16.6. The van der Waals surface area contributed by atoms with Crippen LogP contribution in [0.2, 0.25) is 0 Å². The van der Waals surface area contributed by atoms with Crippen molar-refractivity contribution in [2.45, 2.75) is 56.5 Å². The third-order valence-electron chi connectivity index (χ3n) is 9.12. The number of ether oxygens (including phenoxy) is 4. The van der Waals surface area contributed by atoms with Crippen LogP contribution in [0.25, 0.3) is 0 Å². The molecule has 1 aliphatic heterocycles. The molecule has 2 amide bonds. The molecule has 3 aromatic carbocycles. The first kappa shape index (κ1) is 36.3. The van der Waals surface area contributed by atoms with Crippen molar-refractivity contribution in [2.75, 3.05) is 59.8 Å². The van der Waals surface area contributed by atoms with E-state index in [-0.39, 0.29) is 38.5 Å². The molecule has 0 aromatic heterocycles. The number of carbonyl (C=O) groups is 2. The van der Waals surface area contributed by atoms with Crippen molar-refractivity contribution in [2.24, 2.45) is 0 Å². The number of hydrogen-bond donors (Lipinski definition) is 3. The SMILES string of the molecule is COCCOC(=O)N[C@@H](Cc1ccccc1)[C@@H](O)CCC(=O)N(Cc1ccc(OCCN2CCOCC2)cc1)[C@H]1c2ccccc2C[C@H]1O. The number of aliphatic hydroxyl groups excluding tert-OH is 2. The number of rotatable bonds is 17. The topological polar surface area (TPSA) is 130 Å². The van der Waals surface area contributed by atoms with Gasteiger partial charge in [-0.3, -0.25) is 9.69 Å². The Balaban J connectivity index is 1.25. The van der Waals surface area contributed by atoms with Crippen molar-refractivity contribution in [1.82, 2.24) is 15.1 Å². The van der Waals surface area contributed by atoms with Gasteiger partial charge in [-0.2, -0.15) is 0 Å². The molecular formula is C38H49N3O8. The van der Waals surface area contributed by atoms with Gasteiger partial charge in [0.05, 0.1) is 44.1 Å². The van der Waals surface area contributed by atoms with E-state index in [1.165, 1.54) is 7.11 Å². The summed E-state index contributed by atoms with van der Waals surface area (Å²) in [6, 6.07) is 23.8. The fourth-order valence-electron chi connectivity index (χ4n) is 6.45. The second kappa shape index (κ2) is 18.7. The monoisotopic (exact) mass is 675 g/mol. The van der Waals surface area contributed by atoms with Crippen molar-refractivity contribution in [3.05, 3.63) is 101 Å². The molecule has 1 aliphatic carbocycles. The van der Waals surface area contributed by atoms with Crippen LogP contribution >= 0.6 is 0 Å². The summed E-state index contributed by atoms with van der Waals surface area (Å²) in [6.45, 7) is 5.32. The first-order chi connectivity index (χ1) is 23.9. The van der Waals surface area contributed by atoms with Crippen LogP contribution in [0.3, 0.4) is 0 Å². The van der Waals surface area contributed by atoms with Crippen LogP contribution in [0.15, 0.2) is 78.9 Å². The minimum Gasteiger partial charge on any atom is -0.492 e. The zero-order valence-corrected chi connectivity index (χ0v) is 28.2. The fraction of sp³-hybridized carbons (Fsp3) is 0.474. The molecule has 0 bridgehead atoms. The molecule has 2 aliphatic rings. The lowest BCUT2D eigenvalue weighted by Crippen LogP contribution is -2.46. The van der Waals surface area contributed by atoms with E-state index in [1.807, 2.05) is 78.9 Å². The van der Waals surface area contributed by atoms with Gasteiger partial charge in [0.2, 0.25) is 5.91 Å². The summed E-state index contributed by atoms with van der Waals surface area (Å²) in [7, 11) is 1.52. The summed E-state index contributed by atoms with van der Waals surface area (Å²) < 4.78 is 21.6. The van der Waals surface area contributed by atoms with Gasteiger partial charge < -0.3 is 39.4 Å². The number of hydrogen-bond acceptors (Lipinski definition) is 9. The zero-order chi connectivity index (χ0) is 34.4. The van der Waals surface area contributed by atoms with E-state index >= 15 is 0 Å². The average molecular weight is 676 g/mol. The summed E-state index contributed by atoms with van der Waals surface area (Å²) in [5, 5.41) is 25.3. The second-order valence-electron chi connectivity index (χ2n) is 12.6. The van der Waals surface area contributed by atoms with Gasteiger partial charge in [-0.15, -0.1) is 0 Å². The maximum absolute atomic E-state index is 14.1. The van der Waals surface area contributed by atoms with Gasteiger partial charge in [0.25, 0.3) is 0 Å². The smallest absolute Gasteiger partial charge is 0.407 e. The molecule has 3 N–H and O–H groups in total. The average Bonchev–Trinajstić information content (AvgIpc) is 3.46. The van der Waals surface area contributed by atoms with Crippen LogP contribution in [-0.4, -0.2) is 110 Å². The molecule has 4 atom stereocenters. The predicted octanol–water partition coefficient (Wildman–Crippen LogP) is 3.51. The van der Waals surface area contributed by atoms with Crippen LogP contribution < -0.4 is 10.1 Å². The van der Waals surface area contributed by atoms with Crippen molar-refractivity contribution in [3.8, 4) is 5.75 Å². The first-order valence-corrected chi connectivity index (χ1v) is 17.1. The quantitative estimate of drug-likeness (QED) is 0.184. The number of nitrogens with zero attached hydrogens (tertiary/aromatic N) is 2. The van der Waals surface area contributed by atoms with Crippen molar-refractivity contribution >= 4 is 12.0 Å². The van der Waals surface area contributed by atoms with E-state index in [1.54, 1.807) is 4.90 Å². The lowest BCUT2D eigenvalue weighted by Gasteiger charge is -2.33. The number of nitrogens with one attached hydrogen (secondary N) is 1. The number of benzene rings is 3. The number of carbonyl (C=O) groups excluding carboxylic acids is 2. The Hall–Kier alpha value is -4.00. The minimum absolute atomic E-state index is 0.0149. The molecule has 11 heteroatoms. The Labute approximate surface area is 288 Å². The summed E-state index contributed by atoms with van der Waals surface area (Å²) in [4.78, 5) is 30.6. The number of methoxy groups -OCH3 is 1. The summed E-state index contributed by atoms with van der Waals surface area (Å²) in [6.07, 6.45) is -1.53. The molecular weight excluding hydrogens is 626 g/mol. The Morgan fingerprint density at radius 1 is 0.959 bits per heavy atom. The Morgan fingerprint density at radius 3 is 2.45 bits per heavy atom. The van der Waals surface area contributed by atoms with Gasteiger partial charge >= 0.3 is 6.09 Å². The highest BCUT2D eigenvalue weighted by Crippen LogP contribution is 2.37. The summed E-state index contributed by atoms with van der Waals surface area (Å²) in [5.41, 5.74) is 3.76. The number of alkyl carbamates (subject to hydrolysis) is 1. The molecule has 0 saturated carbocycles. The maximum atomic E-state index is 14.1. The molecule has 1 heterocycles. The van der Waals surface area contributed by atoms with Crippen LogP contribution in [0.5, 0.6) is 5.75 Å². The molecule has 264 valence electrons. The van der Waals surface area contributed by atoms with Crippen molar-refractivity contribution in [3.63, 3.8) is 0 Å². The van der Waals surface area contributed by atoms with E-state index in [0.717, 1.165) is 60.9 Å². The third kappa shape index (κ3) is 10.7. The van der Waals surface area contributed by atoms with E-state index in [0.29, 0.717) is 19.4 Å². The van der Waals surface area contributed by atoms with Crippen LogP contribution in [0, 0.1) is 0 Å². The first-order valence-electron chi connectivity index (χ1n) is 17.1. The van der Waals surface area contributed by atoms with Gasteiger partial charge in [0.15, 0.2) is 0 Å². The summed E-state index contributed by atoms with van der Waals surface area (Å²) in [5.74, 6) is 0.550. The molecule has 49 heavy (non-hydrogen) atoms. The maximum Gasteiger partial charge on any atom is 0.407 e. The van der Waals surface area contributed by atoms with Crippen molar-refractivity contribution in [1.29, 1.82) is 0 Å². The molecule has 1 saturated heterocycles. The Kier molecular flexibility index (Phi) is 13.8. The lowest BCUT2D eigenvalue weighted by atomic mass is 9.97. The highest BCUT2D eigenvalue weighted by molar-refractivity contribution is 5.77. The van der Waals surface area contributed by atoms with E-state index in [4.69, 9.17) is 18.9 Å². The third-order valence-corrected chi connectivity index (χ3v) is 9.12. The van der Waals surface area contributed by atoms with Crippen LogP contribution in [0.4, 0.5) is 4.79 Å². The Bertz CT molecular complexity index is 1450. The second-order valence-corrected chi connectivity index (χ2v) is 12.6. The number of aliphatic hydroxyl groups is 2. The van der Waals surface area contributed by atoms with Crippen LogP contribution in [-0.2, 0) is 38.4 Å². The number of fused-ring (bicyclic) bond motifs is 1. The molecule has 11 nitrogen and oxygen atoms in total. The van der Waals surface area contributed by atoms with E-state index in [9.17, 15) is 19.8 Å². The van der Waals surface area contributed by atoms with Gasteiger partial charge in [0.1, 0.15) is 19.0 Å². The van der Waals surface area contributed by atoms with Gasteiger partial charge in [0, 0.05) is 46.1 Å². The standard InChI is InChI=1S/C38H49N3O8/c1-46-23-24-49-38(45)39-33(25-28-7-3-2-4-8-28)34(42)15-16-36(44)41(37-32-10-6-5-9-30(32)26-35(37)43)27-29-11-13-31(14-12-29)48-22-19-40-17-20-47-21-18-40/h2-14,33-35,37,42-43H,15-27H2,1H3,(H,39,45)/t33-,34-,35+,37-/m0/s1. The predicted molar refractivity (Wildman–Crippen MR) is 184 cm³/mol. The number of morpholine rings is 1. The molecule has 5 rings (SSSR count). The largest absolute Gasteiger partial charge is 0.492 e. The highest BCUT2D eigenvalue weighted by Gasteiger charge is 2.38. The molecule has 0 radical (unpaired) electrons. The molecule has 1 fully saturated rings. The van der Waals surface area contributed by atoms with Gasteiger partial charge in [-0.1, -0.05) is 66.7 Å². The van der Waals surface area contributed by atoms with E-state index in [2.05, 4.69) is 10.2 Å². The zero-order valence-electron chi connectivity index (χ0n) is 28.2. The molecule has 0 unspecified atom stereocenters. The molecule has 0 spiro atoms. The summed E-state index contributed by atoms with van der Waals surface area (Å²) >= 11 is 0. The fourth-order valence-corrected chi connectivity index (χ4v) is 6.45. The van der Waals surface area contributed by atoms with Gasteiger partial charge in [-0.05, 0) is 47.2 Å². The Morgan fingerprint density at radius 2 is 1.69 bits per heavy atom. The van der Waals surface area contributed by atoms with Gasteiger partial charge in [-0.25, -0.2) is 4.79 Å².